The minimum absolute atomic E-state index is 0.666. The zero-order valence-corrected chi connectivity index (χ0v) is 11.9. The fraction of sp³-hybridized carbons (Fsp3) is 0.200. The topological polar surface area (TPSA) is 63.6 Å². The van der Waals surface area contributed by atoms with Gasteiger partial charge in [-0.15, -0.1) is 21.5 Å². The van der Waals surface area contributed by atoms with Crippen molar-refractivity contribution in [1.29, 1.82) is 0 Å². The first kappa shape index (κ1) is 11.8. The van der Waals surface area contributed by atoms with Crippen molar-refractivity contribution in [3.8, 4) is 0 Å². The summed E-state index contributed by atoms with van der Waals surface area (Å²) < 4.78 is 0.892. The van der Waals surface area contributed by atoms with Crippen LogP contribution in [-0.4, -0.2) is 26.7 Å². The average molecular weight is 295 g/mol. The van der Waals surface area contributed by atoms with Crippen molar-refractivity contribution in [2.45, 2.75) is 16.3 Å². The first-order valence-corrected chi connectivity index (χ1v) is 7.87. The minimum Gasteiger partial charge on any atom is -0.354 e. The molecule has 0 saturated heterocycles. The fourth-order valence-electron chi connectivity index (χ4n) is 1.43. The van der Waals surface area contributed by atoms with E-state index < -0.39 is 0 Å². The van der Waals surface area contributed by atoms with Crippen LogP contribution in [0.25, 0.3) is 10.2 Å². The van der Waals surface area contributed by atoms with E-state index in [1.165, 1.54) is 23.1 Å². The number of anilines is 1. The Labute approximate surface area is 116 Å². The summed E-state index contributed by atoms with van der Waals surface area (Å²) in [6, 6.07) is 2.04. The zero-order chi connectivity index (χ0) is 12.4. The van der Waals surface area contributed by atoms with Gasteiger partial charge in [0.1, 0.15) is 15.4 Å². The molecule has 8 heteroatoms. The van der Waals surface area contributed by atoms with Crippen LogP contribution < -0.4 is 5.32 Å². The van der Waals surface area contributed by atoms with E-state index in [0.29, 0.717) is 5.95 Å². The molecule has 0 spiro atoms. The lowest BCUT2D eigenvalue weighted by atomic mass is 10.4. The van der Waals surface area contributed by atoms with Gasteiger partial charge in [0.2, 0.25) is 5.95 Å². The van der Waals surface area contributed by atoms with Crippen molar-refractivity contribution < 1.29 is 0 Å². The van der Waals surface area contributed by atoms with Crippen molar-refractivity contribution in [3.05, 3.63) is 17.0 Å². The van der Waals surface area contributed by atoms with E-state index in [2.05, 4.69) is 25.5 Å². The second-order valence-corrected chi connectivity index (χ2v) is 6.29. The van der Waals surface area contributed by atoms with Crippen LogP contribution in [0.4, 0.5) is 5.95 Å². The molecule has 0 amide bonds. The number of nitrogens with one attached hydrogen (secondary N) is 1. The molecular formula is C10H9N5S3. The van der Waals surface area contributed by atoms with Gasteiger partial charge in [-0.05, 0) is 30.1 Å². The fourth-order valence-corrected chi connectivity index (χ4v) is 3.76. The molecule has 3 rings (SSSR count). The van der Waals surface area contributed by atoms with Crippen LogP contribution in [0.15, 0.2) is 26.3 Å². The molecular weight excluding hydrogens is 286 g/mol. The van der Waals surface area contributed by atoms with Gasteiger partial charge >= 0.3 is 0 Å². The Morgan fingerprint density at radius 3 is 3.06 bits per heavy atom. The standard InChI is InChI=1S/C10H9N5S3/c1-2-11-9-13-7-6(3-4-16-7)8(14-9)18-10-15-12-5-17-10/h3-5H,2H2,1H3,(H,11,13,14). The van der Waals surface area contributed by atoms with E-state index in [4.69, 9.17) is 0 Å². The Kier molecular flexibility index (Phi) is 3.39. The van der Waals surface area contributed by atoms with Crippen LogP contribution in [0.1, 0.15) is 6.92 Å². The number of fused-ring (bicyclic) bond motifs is 1. The molecule has 0 aliphatic carbocycles. The minimum atomic E-state index is 0.666. The number of hydrogen-bond acceptors (Lipinski definition) is 8. The highest BCUT2D eigenvalue weighted by atomic mass is 32.2. The summed E-state index contributed by atoms with van der Waals surface area (Å²) in [7, 11) is 0. The predicted molar refractivity (Wildman–Crippen MR) is 75.6 cm³/mol. The third-order valence-electron chi connectivity index (χ3n) is 2.15. The molecule has 0 aromatic carbocycles. The van der Waals surface area contributed by atoms with E-state index in [1.807, 2.05) is 18.4 Å². The monoisotopic (exact) mass is 295 g/mol. The quantitative estimate of drug-likeness (QED) is 0.746. The maximum absolute atomic E-state index is 4.52. The number of hydrogen-bond donors (Lipinski definition) is 1. The van der Waals surface area contributed by atoms with E-state index in [0.717, 1.165) is 26.1 Å². The molecule has 5 nitrogen and oxygen atoms in total. The normalized spacial score (nSPS) is 10.9. The van der Waals surface area contributed by atoms with Crippen LogP contribution in [0.5, 0.6) is 0 Å². The van der Waals surface area contributed by atoms with Gasteiger partial charge in [-0.25, -0.2) is 9.97 Å². The lowest BCUT2D eigenvalue weighted by molar-refractivity contribution is 1.00. The Morgan fingerprint density at radius 2 is 2.28 bits per heavy atom. The lowest BCUT2D eigenvalue weighted by Crippen LogP contribution is -2.02. The number of thiophene rings is 1. The molecule has 0 saturated carbocycles. The van der Waals surface area contributed by atoms with E-state index >= 15 is 0 Å². The molecule has 0 aliphatic rings. The molecule has 0 bridgehead atoms. The first-order valence-electron chi connectivity index (χ1n) is 5.30. The third-order valence-corrected chi connectivity index (χ3v) is 4.74. The molecule has 3 heterocycles. The summed E-state index contributed by atoms with van der Waals surface area (Å²) in [5.74, 6) is 0.666. The summed E-state index contributed by atoms with van der Waals surface area (Å²) in [5.41, 5.74) is 1.72. The maximum Gasteiger partial charge on any atom is 0.225 e. The second-order valence-electron chi connectivity index (χ2n) is 3.33. The summed E-state index contributed by atoms with van der Waals surface area (Å²) in [5, 5.41) is 15.0. The molecule has 3 aromatic rings. The van der Waals surface area contributed by atoms with E-state index in [-0.39, 0.29) is 0 Å². The molecule has 3 aromatic heterocycles. The highest BCUT2D eigenvalue weighted by molar-refractivity contribution is 8.01. The second kappa shape index (κ2) is 5.17. The SMILES string of the molecule is CCNc1nc(Sc2nncs2)c2ccsc2n1. The lowest BCUT2D eigenvalue weighted by Gasteiger charge is -2.04. The number of rotatable bonds is 4. The van der Waals surface area contributed by atoms with Gasteiger partial charge in [0, 0.05) is 11.9 Å². The van der Waals surface area contributed by atoms with Gasteiger partial charge in [0.05, 0.1) is 0 Å². The summed E-state index contributed by atoms with van der Waals surface area (Å²) in [6.45, 7) is 2.83. The third kappa shape index (κ3) is 2.31. The van der Waals surface area contributed by atoms with Crippen LogP contribution in [0.2, 0.25) is 0 Å². The van der Waals surface area contributed by atoms with Gasteiger partial charge in [-0.1, -0.05) is 11.3 Å². The molecule has 0 fully saturated rings. The average Bonchev–Trinajstić information content (AvgIpc) is 2.99. The highest BCUT2D eigenvalue weighted by Gasteiger charge is 2.11. The van der Waals surface area contributed by atoms with Gasteiger partial charge in [-0.3, -0.25) is 0 Å². The molecule has 0 aliphatic heterocycles. The Bertz CT molecular complexity index is 649. The van der Waals surface area contributed by atoms with Crippen LogP contribution >= 0.6 is 34.4 Å². The largest absolute Gasteiger partial charge is 0.354 e. The van der Waals surface area contributed by atoms with E-state index in [9.17, 15) is 0 Å². The predicted octanol–water partition coefficient (Wildman–Crippen LogP) is 3.13. The highest BCUT2D eigenvalue weighted by Crippen LogP contribution is 2.34. The molecule has 92 valence electrons. The number of aromatic nitrogens is 4. The molecule has 1 N–H and O–H groups in total. The molecule has 0 unspecified atom stereocenters. The number of nitrogens with zero attached hydrogens (tertiary/aromatic N) is 4. The van der Waals surface area contributed by atoms with Crippen molar-refractivity contribution >= 4 is 50.6 Å². The summed E-state index contributed by atoms with van der Waals surface area (Å²) >= 11 is 4.66. The van der Waals surface area contributed by atoms with E-state index in [1.54, 1.807) is 16.8 Å². The van der Waals surface area contributed by atoms with Gasteiger partial charge in [0.15, 0.2) is 4.34 Å². The zero-order valence-electron chi connectivity index (χ0n) is 9.45. The Balaban J connectivity index is 2.04. The maximum atomic E-state index is 4.52. The van der Waals surface area contributed by atoms with Crippen molar-refractivity contribution in [2.24, 2.45) is 0 Å². The molecule has 0 radical (unpaired) electrons. The molecule has 0 atom stereocenters. The van der Waals surface area contributed by atoms with Crippen molar-refractivity contribution in [2.75, 3.05) is 11.9 Å². The van der Waals surface area contributed by atoms with Gasteiger partial charge < -0.3 is 5.32 Å². The smallest absolute Gasteiger partial charge is 0.225 e. The summed E-state index contributed by atoms with van der Waals surface area (Å²) in [4.78, 5) is 9.98. The first-order chi connectivity index (χ1) is 8.86. The van der Waals surface area contributed by atoms with Crippen LogP contribution in [0, 0.1) is 0 Å². The van der Waals surface area contributed by atoms with Crippen molar-refractivity contribution in [1.82, 2.24) is 20.2 Å². The van der Waals surface area contributed by atoms with Gasteiger partial charge in [-0.2, -0.15) is 0 Å². The van der Waals surface area contributed by atoms with Crippen LogP contribution in [0.3, 0.4) is 0 Å². The van der Waals surface area contributed by atoms with Crippen molar-refractivity contribution in [3.63, 3.8) is 0 Å². The Hall–Kier alpha value is -1.25. The summed E-state index contributed by atoms with van der Waals surface area (Å²) in [6.07, 6.45) is 0. The van der Waals surface area contributed by atoms with Crippen LogP contribution in [-0.2, 0) is 0 Å². The van der Waals surface area contributed by atoms with Gasteiger partial charge in [0.25, 0.3) is 0 Å². The Morgan fingerprint density at radius 1 is 1.33 bits per heavy atom. The molecule has 18 heavy (non-hydrogen) atoms.